The normalized spacial score (nSPS) is 39.2. The van der Waals surface area contributed by atoms with E-state index in [1.807, 2.05) is 6.08 Å². The Kier molecular flexibility index (Phi) is 7.84. The standard InChI is InChI=1S/C23H32O3.3H2S/c1-3-9-22(24)11-8-20-19-5-4-16-15-23(25-13-14-26-23)12-7-17(16)18(19)6-10-21(20,22)2;;;/h3,6,19-20,24H,1,4-5,7-15H2,2H3;3*1H2/t19-,20+,21+,22+;;;/m1.../s1. The molecule has 5 aliphatic rings. The number of rotatable bonds is 2. The lowest BCUT2D eigenvalue weighted by Crippen LogP contribution is -2.48. The first-order chi connectivity index (χ1) is 12.5. The maximum atomic E-state index is 11.4. The zero-order chi connectivity index (χ0) is 18.0. The first kappa shape index (κ1) is 25.4. The van der Waals surface area contributed by atoms with Crippen LogP contribution in [-0.4, -0.2) is 29.7 Å². The summed E-state index contributed by atoms with van der Waals surface area (Å²) in [6, 6.07) is 0. The van der Waals surface area contributed by atoms with Crippen molar-refractivity contribution in [2.45, 2.75) is 76.1 Å². The summed E-state index contributed by atoms with van der Waals surface area (Å²) in [5, 5.41) is 11.4. The van der Waals surface area contributed by atoms with E-state index < -0.39 is 5.60 Å². The van der Waals surface area contributed by atoms with Crippen LogP contribution in [0.5, 0.6) is 0 Å². The van der Waals surface area contributed by atoms with E-state index in [1.165, 1.54) is 12.8 Å². The molecule has 3 nitrogen and oxygen atoms in total. The molecule has 0 radical (unpaired) electrons. The largest absolute Gasteiger partial charge is 0.389 e. The van der Waals surface area contributed by atoms with Gasteiger partial charge in [-0.15, -0.1) is 6.58 Å². The zero-order valence-corrected chi connectivity index (χ0v) is 20.6. The molecule has 5 rings (SSSR count). The quantitative estimate of drug-likeness (QED) is 0.591. The predicted octanol–water partition coefficient (Wildman–Crippen LogP) is 5.01. The third kappa shape index (κ3) is 3.70. The third-order valence-corrected chi connectivity index (χ3v) is 8.45. The topological polar surface area (TPSA) is 38.7 Å². The van der Waals surface area contributed by atoms with Gasteiger partial charge in [-0.05, 0) is 67.9 Å². The highest BCUT2D eigenvalue weighted by atomic mass is 32.1. The Morgan fingerprint density at radius 3 is 2.55 bits per heavy atom. The number of ether oxygens (including phenoxy) is 2. The van der Waals surface area contributed by atoms with Gasteiger partial charge in [-0.25, -0.2) is 0 Å². The molecule has 1 saturated carbocycles. The number of allylic oxidation sites excluding steroid dienone is 3. The summed E-state index contributed by atoms with van der Waals surface area (Å²) < 4.78 is 12.0. The highest BCUT2D eigenvalue weighted by Crippen LogP contribution is 2.63. The van der Waals surface area contributed by atoms with Gasteiger partial charge in [-0.2, -0.15) is 40.5 Å². The van der Waals surface area contributed by atoms with Crippen LogP contribution in [0.4, 0.5) is 0 Å². The molecule has 0 amide bonds. The second-order valence-electron chi connectivity index (χ2n) is 9.46. The van der Waals surface area contributed by atoms with Gasteiger partial charge in [-0.1, -0.05) is 24.6 Å². The van der Waals surface area contributed by atoms with Crippen LogP contribution in [0, 0.1) is 17.3 Å². The molecule has 0 aromatic carbocycles. The van der Waals surface area contributed by atoms with Crippen LogP contribution in [0.2, 0.25) is 0 Å². The second-order valence-corrected chi connectivity index (χ2v) is 9.46. The Morgan fingerprint density at radius 1 is 1.14 bits per heavy atom. The number of fused-ring (bicyclic) bond motifs is 4. The molecule has 6 heteroatoms. The minimum Gasteiger partial charge on any atom is -0.389 e. The third-order valence-electron chi connectivity index (χ3n) is 8.45. The molecule has 29 heavy (non-hydrogen) atoms. The van der Waals surface area contributed by atoms with Crippen LogP contribution in [0.3, 0.4) is 0 Å². The number of aliphatic hydroxyl groups is 1. The van der Waals surface area contributed by atoms with Crippen molar-refractivity contribution in [2.24, 2.45) is 17.3 Å². The van der Waals surface area contributed by atoms with E-state index in [2.05, 4.69) is 19.6 Å². The molecule has 1 N–H and O–H groups in total. The monoisotopic (exact) mass is 458 g/mol. The van der Waals surface area contributed by atoms with Gasteiger partial charge in [0.15, 0.2) is 5.79 Å². The SMILES string of the molecule is C=CC[C@]1(O)CC[C@H]2[C@@H]3CCC4=C(CCC5(C4)OCCO5)C3=CC[C@@]21C.S.S.S. The number of hydrogen-bond donors (Lipinski definition) is 1. The summed E-state index contributed by atoms with van der Waals surface area (Å²) in [5.41, 5.74) is 4.25. The molecule has 1 saturated heterocycles. The summed E-state index contributed by atoms with van der Waals surface area (Å²) in [7, 11) is 0. The Morgan fingerprint density at radius 2 is 1.86 bits per heavy atom. The summed E-state index contributed by atoms with van der Waals surface area (Å²) >= 11 is 0. The van der Waals surface area contributed by atoms with Crippen LogP contribution in [-0.2, 0) is 9.47 Å². The molecule has 0 unspecified atom stereocenters. The minimum absolute atomic E-state index is 0. The average molecular weight is 459 g/mol. The fourth-order valence-electron chi connectivity index (χ4n) is 6.97. The molecule has 1 heterocycles. The van der Waals surface area contributed by atoms with Crippen molar-refractivity contribution in [3.63, 3.8) is 0 Å². The summed E-state index contributed by atoms with van der Waals surface area (Å²) in [5.74, 6) is 0.926. The first-order valence-electron chi connectivity index (χ1n) is 10.5. The molecule has 0 bridgehead atoms. The highest BCUT2D eigenvalue weighted by Gasteiger charge is 2.59. The molecule has 4 aliphatic carbocycles. The Bertz CT molecular complexity index is 697. The van der Waals surface area contributed by atoms with Crippen molar-refractivity contribution in [1.82, 2.24) is 0 Å². The van der Waals surface area contributed by atoms with Crippen molar-refractivity contribution >= 4 is 40.5 Å². The first-order valence-corrected chi connectivity index (χ1v) is 10.5. The van der Waals surface area contributed by atoms with Gasteiger partial charge < -0.3 is 14.6 Å². The molecular weight excluding hydrogens is 420 g/mol. The lowest BCUT2D eigenvalue weighted by molar-refractivity contribution is -0.164. The Labute approximate surface area is 196 Å². The maximum absolute atomic E-state index is 11.4. The molecule has 0 aromatic heterocycles. The van der Waals surface area contributed by atoms with Gasteiger partial charge >= 0.3 is 0 Å². The summed E-state index contributed by atoms with van der Waals surface area (Å²) in [6.45, 7) is 7.73. The predicted molar refractivity (Wildman–Crippen MR) is 133 cm³/mol. The van der Waals surface area contributed by atoms with Crippen molar-refractivity contribution in [1.29, 1.82) is 0 Å². The average Bonchev–Trinajstić information content (AvgIpc) is 3.18. The van der Waals surface area contributed by atoms with Crippen LogP contribution in [0.15, 0.2) is 35.5 Å². The molecule has 4 atom stereocenters. The van der Waals surface area contributed by atoms with Crippen molar-refractivity contribution in [3.8, 4) is 0 Å². The molecule has 1 spiro atoms. The lowest BCUT2D eigenvalue weighted by atomic mass is 9.56. The van der Waals surface area contributed by atoms with Crippen LogP contribution < -0.4 is 0 Å². The van der Waals surface area contributed by atoms with E-state index >= 15 is 0 Å². The van der Waals surface area contributed by atoms with Gasteiger partial charge in [0.25, 0.3) is 0 Å². The van der Waals surface area contributed by atoms with Gasteiger partial charge in [0.2, 0.25) is 0 Å². The van der Waals surface area contributed by atoms with Gasteiger partial charge in [0, 0.05) is 18.3 Å². The fraction of sp³-hybridized carbons (Fsp3) is 0.739. The molecule has 166 valence electrons. The van der Waals surface area contributed by atoms with Crippen molar-refractivity contribution in [3.05, 3.63) is 35.5 Å². The summed E-state index contributed by atoms with van der Waals surface area (Å²) in [6.07, 6.45) is 13.7. The van der Waals surface area contributed by atoms with Crippen molar-refractivity contribution in [2.75, 3.05) is 13.2 Å². The minimum atomic E-state index is -0.571. The van der Waals surface area contributed by atoms with Crippen LogP contribution in [0.25, 0.3) is 0 Å². The van der Waals surface area contributed by atoms with Crippen molar-refractivity contribution < 1.29 is 14.6 Å². The smallest absolute Gasteiger partial charge is 0.172 e. The van der Waals surface area contributed by atoms with E-state index in [4.69, 9.17) is 9.47 Å². The molecule has 1 aliphatic heterocycles. The van der Waals surface area contributed by atoms with Gasteiger partial charge in [-0.3, -0.25) is 0 Å². The fourth-order valence-corrected chi connectivity index (χ4v) is 6.97. The maximum Gasteiger partial charge on any atom is 0.172 e. The van der Waals surface area contributed by atoms with E-state index in [1.54, 1.807) is 16.7 Å². The highest BCUT2D eigenvalue weighted by molar-refractivity contribution is 7.59. The molecular formula is C23H38O3S3. The van der Waals surface area contributed by atoms with E-state index in [-0.39, 0.29) is 51.7 Å². The molecule has 2 fully saturated rings. The van der Waals surface area contributed by atoms with E-state index in [0.29, 0.717) is 11.8 Å². The van der Waals surface area contributed by atoms with Gasteiger partial charge in [0.05, 0.1) is 18.8 Å². The van der Waals surface area contributed by atoms with Crippen LogP contribution >= 0.6 is 40.5 Å². The molecule has 0 aromatic rings. The zero-order valence-electron chi connectivity index (χ0n) is 17.6. The van der Waals surface area contributed by atoms with Gasteiger partial charge in [0.1, 0.15) is 0 Å². The Hall–Kier alpha value is 0.150. The van der Waals surface area contributed by atoms with E-state index in [0.717, 1.165) is 58.2 Å². The summed E-state index contributed by atoms with van der Waals surface area (Å²) in [4.78, 5) is 0. The Balaban J connectivity index is 0.000001000. The van der Waals surface area contributed by atoms with E-state index in [9.17, 15) is 5.11 Å². The second kappa shape index (κ2) is 8.95. The lowest BCUT2D eigenvalue weighted by Gasteiger charge is -2.51. The van der Waals surface area contributed by atoms with Crippen LogP contribution in [0.1, 0.15) is 64.7 Å². The number of hydrogen-bond acceptors (Lipinski definition) is 3.